The zero-order valence-corrected chi connectivity index (χ0v) is 15.6. The van der Waals surface area contributed by atoms with Crippen LogP contribution in [-0.4, -0.2) is 15.7 Å². The predicted octanol–water partition coefficient (Wildman–Crippen LogP) is 5.59. The summed E-state index contributed by atoms with van der Waals surface area (Å²) in [5.74, 6) is 0. The fourth-order valence-corrected chi connectivity index (χ4v) is 3.26. The molecule has 142 valence electrons. The van der Waals surface area contributed by atoms with Crippen molar-refractivity contribution in [2.45, 2.75) is 6.04 Å². The number of hydrogen-bond donors (Lipinski definition) is 0. The summed E-state index contributed by atoms with van der Waals surface area (Å²) in [6, 6.07) is 30.6. The Morgan fingerprint density at radius 3 is 1.93 bits per heavy atom. The van der Waals surface area contributed by atoms with Crippen molar-refractivity contribution in [2.24, 2.45) is 4.99 Å². The molecule has 0 spiro atoms. The normalized spacial score (nSPS) is 11.2. The molecule has 29 heavy (non-hydrogen) atoms. The number of aliphatic imine (C=N–C) groups is 1. The molecule has 0 fully saturated rings. The van der Waals surface area contributed by atoms with Crippen molar-refractivity contribution in [3.63, 3.8) is 0 Å². The van der Waals surface area contributed by atoms with E-state index in [2.05, 4.69) is 24.3 Å². The van der Waals surface area contributed by atoms with E-state index in [1.807, 2.05) is 65.5 Å². The topological polar surface area (TPSA) is 60.4 Å². The Balaban J connectivity index is 1.67. The van der Waals surface area contributed by atoms with Gasteiger partial charge in [0.15, 0.2) is 0 Å². The van der Waals surface area contributed by atoms with Gasteiger partial charge in [0.1, 0.15) is 0 Å². The smallest absolute Gasteiger partial charge is 0.269 e. The fourth-order valence-electron chi connectivity index (χ4n) is 3.26. The maximum atomic E-state index is 10.9. The van der Waals surface area contributed by atoms with Gasteiger partial charge in [-0.1, -0.05) is 60.7 Å². The van der Waals surface area contributed by atoms with Crippen LogP contribution in [0.5, 0.6) is 0 Å². The molecule has 0 atom stereocenters. The molecule has 3 aromatic carbocycles. The van der Waals surface area contributed by atoms with Crippen LogP contribution in [0.1, 0.15) is 22.9 Å². The Bertz CT molecular complexity index is 1080. The highest BCUT2D eigenvalue weighted by molar-refractivity contribution is 5.79. The van der Waals surface area contributed by atoms with E-state index in [-0.39, 0.29) is 11.7 Å². The maximum Gasteiger partial charge on any atom is 0.269 e. The lowest BCUT2D eigenvalue weighted by molar-refractivity contribution is -0.384. The molecule has 1 heterocycles. The van der Waals surface area contributed by atoms with Crippen LogP contribution in [-0.2, 0) is 0 Å². The lowest BCUT2D eigenvalue weighted by Crippen LogP contribution is -2.02. The summed E-state index contributed by atoms with van der Waals surface area (Å²) in [7, 11) is 0. The molecule has 0 aliphatic heterocycles. The summed E-state index contributed by atoms with van der Waals surface area (Å²) in [6.45, 7) is 0. The minimum atomic E-state index is -0.397. The van der Waals surface area contributed by atoms with E-state index in [1.165, 1.54) is 12.1 Å². The first-order chi connectivity index (χ1) is 14.2. The first-order valence-corrected chi connectivity index (χ1v) is 9.27. The summed E-state index contributed by atoms with van der Waals surface area (Å²) >= 11 is 0. The Hall–Kier alpha value is -3.99. The van der Waals surface area contributed by atoms with E-state index in [9.17, 15) is 10.1 Å². The Kier molecular flexibility index (Phi) is 5.29. The van der Waals surface area contributed by atoms with E-state index < -0.39 is 4.92 Å². The van der Waals surface area contributed by atoms with Gasteiger partial charge in [0.25, 0.3) is 5.69 Å². The van der Waals surface area contributed by atoms with Crippen LogP contribution in [0.25, 0.3) is 5.69 Å². The number of nitrogens with zero attached hydrogens (tertiary/aromatic N) is 3. The minimum absolute atomic E-state index is 0.0735. The number of benzene rings is 3. The predicted molar refractivity (Wildman–Crippen MR) is 115 cm³/mol. The highest BCUT2D eigenvalue weighted by atomic mass is 16.6. The Morgan fingerprint density at radius 1 is 0.793 bits per heavy atom. The van der Waals surface area contributed by atoms with Crippen molar-refractivity contribution < 1.29 is 4.92 Å². The number of non-ortho nitro benzene ring substituents is 1. The standard InChI is InChI=1S/C24H19N3O2/c28-27(29)22-15-13-21(14-16-22)26-17-7-12-23(26)18-25-24(19-8-3-1-4-9-19)20-10-5-2-6-11-20/h1-18,24H. The van der Waals surface area contributed by atoms with Gasteiger partial charge in [-0.05, 0) is 35.4 Å². The first-order valence-electron chi connectivity index (χ1n) is 9.27. The minimum Gasteiger partial charge on any atom is -0.316 e. The van der Waals surface area contributed by atoms with E-state index in [1.54, 1.807) is 12.1 Å². The van der Waals surface area contributed by atoms with Gasteiger partial charge in [0, 0.05) is 30.2 Å². The molecule has 0 N–H and O–H groups in total. The second-order valence-corrected chi connectivity index (χ2v) is 6.58. The number of rotatable bonds is 6. The van der Waals surface area contributed by atoms with Crippen molar-refractivity contribution in [1.29, 1.82) is 0 Å². The van der Waals surface area contributed by atoms with E-state index in [0.29, 0.717) is 0 Å². The monoisotopic (exact) mass is 381 g/mol. The zero-order chi connectivity index (χ0) is 20.1. The Morgan fingerprint density at radius 2 is 1.38 bits per heavy atom. The van der Waals surface area contributed by atoms with Crippen molar-refractivity contribution in [2.75, 3.05) is 0 Å². The quantitative estimate of drug-likeness (QED) is 0.248. The maximum absolute atomic E-state index is 10.9. The van der Waals surface area contributed by atoms with Crippen LogP contribution in [0.3, 0.4) is 0 Å². The van der Waals surface area contributed by atoms with Crippen LogP contribution in [0.15, 0.2) is 108 Å². The van der Waals surface area contributed by atoms with Crippen LogP contribution >= 0.6 is 0 Å². The summed E-state index contributed by atoms with van der Waals surface area (Å²) < 4.78 is 1.96. The molecule has 0 saturated carbocycles. The molecule has 0 bridgehead atoms. The van der Waals surface area contributed by atoms with Gasteiger partial charge in [0.05, 0.1) is 16.7 Å². The number of aromatic nitrogens is 1. The average Bonchev–Trinajstić information content (AvgIpc) is 3.24. The lowest BCUT2D eigenvalue weighted by atomic mass is 9.99. The molecule has 4 rings (SSSR count). The third kappa shape index (κ3) is 4.14. The molecular weight excluding hydrogens is 362 g/mol. The van der Waals surface area contributed by atoms with Crippen LogP contribution < -0.4 is 0 Å². The molecule has 0 saturated heterocycles. The van der Waals surface area contributed by atoms with Gasteiger partial charge in [-0.2, -0.15) is 0 Å². The van der Waals surface area contributed by atoms with Gasteiger partial charge in [-0.3, -0.25) is 15.1 Å². The molecule has 4 aromatic rings. The number of nitro benzene ring substituents is 1. The summed E-state index contributed by atoms with van der Waals surface area (Å²) in [6.07, 6.45) is 3.77. The largest absolute Gasteiger partial charge is 0.316 e. The highest BCUT2D eigenvalue weighted by Gasteiger charge is 2.12. The van der Waals surface area contributed by atoms with Gasteiger partial charge in [-0.15, -0.1) is 0 Å². The molecule has 0 aliphatic carbocycles. The van der Waals surface area contributed by atoms with Crippen LogP contribution in [0, 0.1) is 10.1 Å². The molecule has 0 amide bonds. The highest BCUT2D eigenvalue weighted by Crippen LogP contribution is 2.26. The molecular formula is C24H19N3O2. The molecule has 0 radical (unpaired) electrons. The van der Waals surface area contributed by atoms with Crippen molar-refractivity contribution in [3.8, 4) is 5.69 Å². The summed E-state index contributed by atoms with van der Waals surface area (Å²) in [5, 5.41) is 10.9. The third-order valence-corrected chi connectivity index (χ3v) is 4.71. The fraction of sp³-hybridized carbons (Fsp3) is 0.0417. The van der Waals surface area contributed by atoms with Crippen molar-refractivity contribution in [1.82, 2.24) is 4.57 Å². The second kappa shape index (κ2) is 8.35. The van der Waals surface area contributed by atoms with Gasteiger partial charge >= 0.3 is 0 Å². The van der Waals surface area contributed by atoms with E-state index in [4.69, 9.17) is 4.99 Å². The molecule has 0 unspecified atom stereocenters. The van der Waals surface area contributed by atoms with Gasteiger partial charge in [-0.25, -0.2) is 0 Å². The SMILES string of the molecule is O=[N+]([O-])c1ccc(-n2cccc2C=NC(c2ccccc2)c2ccccc2)cc1. The molecule has 1 aromatic heterocycles. The number of hydrogen-bond acceptors (Lipinski definition) is 3. The summed E-state index contributed by atoms with van der Waals surface area (Å²) in [5.41, 5.74) is 4.05. The van der Waals surface area contributed by atoms with Gasteiger partial charge in [0.2, 0.25) is 0 Å². The Labute approximate surface area is 168 Å². The molecule has 5 heteroatoms. The lowest BCUT2D eigenvalue weighted by Gasteiger charge is -2.14. The van der Waals surface area contributed by atoms with Crippen LogP contribution in [0.4, 0.5) is 5.69 Å². The first kappa shape index (κ1) is 18.4. The zero-order valence-electron chi connectivity index (χ0n) is 15.6. The molecule has 5 nitrogen and oxygen atoms in total. The number of nitro groups is 1. The van der Waals surface area contributed by atoms with E-state index in [0.717, 1.165) is 22.5 Å². The van der Waals surface area contributed by atoms with Gasteiger partial charge < -0.3 is 4.57 Å². The van der Waals surface area contributed by atoms with Crippen LogP contribution in [0.2, 0.25) is 0 Å². The third-order valence-electron chi connectivity index (χ3n) is 4.71. The van der Waals surface area contributed by atoms with E-state index >= 15 is 0 Å². The van der Waals surface area contributed by atoms with Crippen molar-refractivity contribution in [3.05, 3.63) is 130 Å². The summed E-state index contributed by atoms with van der Waals surface area (Å²) in [4.78, 5) is 15.4. The molecule has 0 aliphatic rings. The average molecular weight is 381 g/mol. The van der Waals surface area contributed by atoms with Crippen molar-refractivity contribution >= 4 is 11.9 Å². The second-order valence-electron chi connectivity index (χ2n) is 6.58.